The summed E-state index contributed by atoms with van der Waals surface area (Å²) in [5.74, 6) is 2.85. The molecule has 0 aromatic heterocycles. The summed E-state index contributed by atoms with van der Waals surface area (Å²) < 4.78 is 0. The molecule has 120 valence electrons. The first-order valence-corrected chi connectivity index (χ1v) is 8.73. The lowest BCUT2D eigenvalue weighted by molar-refractivity contribution is -0.130. The normalized spacial score (nSPS) is 15.7. The maximum Gasteiger partial charge on any atom is 0.224 e. The summed E-state index contributed by atoms with van der Waals surface area (Å²) in [5.41, 5.74) is 7.11. The van der Waals surface area contributed by atoms with Crippen molar-refractivity contribution >= 4 is 23.6 Å². The van der Waals surface area contributed by atoms with Gasteiger partial charge in [-0.05, 0) is 5.56 Å². The molecule has 0 radical (unpaired) electrons. The molecule has 0 unspecified atom stereocenters. The average Bonchev–Trinajstić information content (AvgIpc) is 2.56. The van der Waals surface area contributed by atoms with Gasteiger partial charge in [0.15, 0.2) is 5.96 Å². The number of aliphatic imine (C=N–C) groups is 1. The van der Waals surface area contributed by atoms with Crippen molar-refractivity contribution in [1.82, 2.24) is 9.80 Å². The largest absolute Gasteiger partial charge is 0.370 e. The molecule has 1 fully saturated rings. The van der Waals surface area contributed by atoms with Gasteiger partial charge in [-0.25, -0.2) is 0 Å². The van der Waals surface area contributed by atoms with E-state index in [0.717, 1.165) is 30.2 Å². The van der Waals surface area contributed by atoms with Gasteiger partial charge in [0.1, 0.15) is 0 Å². The van der Waals surface area contributed by atoms with E-state index in [1.165, 1.54) is 0 Å². The smallest absolute Gasteiger partial charge is 0.224 e. The van der Waals surface area contributed by atoms with Crippen molar-refractivity contribution in [2.75, 3.05) is 38.2 Å². The summed E-state index contributed by atoms with van der Waals surface area (Å²) in [7, 11) is 1.82. The first kappa shape index (κ1) is 16.7. The third kappa shape index (κ3) is 5.26. The molecule has 0 bridgehead atoms. The van der Waals surface area contributed by atoms with Crippen LogP contribution in [-0.2, 0) is 11.3 Å². The Labute approximate surface area is 136 Å². The minimum Gasteiger partial charge on any atom is -0.370 e. The van der Waals surface area contributed by atoms with E-state index in [1.807, 2.05) is 49.1 Å². The lowest BCUT2D eigenvalue weighted by Gasteiger charge is -2.27. The molecule has 22 heavy (non-hydrogen) atoms. The Morgan fingerprint density at radius 2 is 2.00 bits per heavy atom. The van der Waals surface area contributed by atoms with Gasteiger partial charge >= 0.3 is 0 Å². The van der Waals surface area contributed by atoms with Crippen molar-refractivity contribution in [3.8, 4) is 0 Å². The zero-order chi connectivity index (χ0) is 15.8. The number of hydrogen-bond acceptors (Lipinski definition) is 3. The molecule has 2 N–H and O–H groups in total. The molecule has 0 aliphatic carbocycles. The standard InChI is InChI=1S/C16H24N4OS/c1-19(13-14-5-3-2-4-6-14)15(21)7-8-18-16(17)20-9-11-22-12-10-20/h2-6H,7-13H2,1H3,(H2,17,18). The summed E-state index contributed by atoms with van der Waals surface area (Å²) in [6.45, 7) is 2.97. The Hall–Kier alpha value is -1.69. The third-order valence-electron chi connectivity index (χ3n) is 3.62. The van der Waals surface area contributed by atoms with Crippen LogP contribution in [0.4, 0.5) is 0 Å². The first-order valence-electron chi connectivity index (χ1n) is 7.57. The second kappa shape index (κ2) is 8.68. The van der Waals surface area contributed by atoms with E-state index in [9.17, 15) is 4.79 Å². The number of benzene rings is 1. The Morgan fingerprint density at radius 3 is 2.68 bits per heavy atom. The molecule has 1 amide bonds. The van der Waals surface area contributed by atoms with Crippen molar-refractivity contribution in [1.29, 1.82) is 0 Å². The minimum atomic E-state index is 0.0922. The molecule has 0 spiro atoms. The number of nitrogens with zero attached hydrogens (tertiary/aromatic N) is 3. The number of thioether (sulfide) groups is 1. The number of guanidine groups is 1. The fourth-order valence-corrected chi connectivity index (χ4v) is 3.20. The zero-order valence-corrected chi connectivity index (χ0v) is 13.9. The molecule has 0 saturated carbocycles. The van der Waals surface area contributed by atoms with E-state index in [0.29, 0.717) is 25.5 Å². The molecule has 1 aromatic rings. The van der Waals surface area contributed by atoms with E-state index in [-0.39, 0.29) is 5.91 Å². The highest BCUT2D eigenvalue weighted by atomic mass is 32.2. The molecular weight excluding hydrogens is 296 g/mol. The average molecular weight is 320 g/mol. The van der Waals surface area contributed by atoms with Crippen molar-refractivity contribution in [2.24, 2.45) is 10.7 Å². The molecule has 1 heterocycles. The van der Waals surface area contributed by atoms with Gasteiger partial charge in [-0.15, -0.1) is 0 Å². The zero-order valence-electron chi connectivity index (χ0n) is 13.1. The lowest BCUT2D eigenvalue weighted by Crippen LogP contribution is -2.42. The highest BCUT2D eigenvalue weighted by Gasteiger charge is 2.13. The van der Waals surface area contributed by atoms with E-state index >= 15 is 0 Å². The third-order valence-corrected chi connectivity index (χ3v) is 4.57. The number of amides is 1. The Morgan fingerprint density at radius 1 is 1.32 bits per heavy atom. The number of carbonyl (C=O) groups is 1. The predicted molar refractivity (Wildman–Crippen MR) is 92.9 cm³/mol. The summed E-state index contributed by atoms with van der Waals surface area (Å²) in [4.78, 5) is 20.3. The van der Waals surface area contributed by atoms with Crippen molar-refractivity contribution in [2.45, 2.75) is 13.0 Å². The van der Waals surface area contributed by atoms with Crippen molar-refractivity contribution < 1.29 is 4.79 Å². The maximum atomic E-state index is 12.1. The van der Waals surface area contributed by atoms with E-state index in [4.69, 9.17) is 5.73 Å². The molecule has 1 saturated heterocycles. The first-order chi connectivity index (χ1) is 10.7. The molecule has 2 rings (SSSR count). The lowest BCUT2D eigenvalue weighted by atomic mass is 10.2. The van der Waals surface area contributed by atoms with Gasteiger partial charge in [-0.3, -0.25) is 9.79 Å². The summed E-state index contributed by atoms with van der Waals surface area (Å²) >= 11 is 1.94. The molecule has 1 aromatic carbocycles. The van der Waals surface area contributed by atoms with Crippen LogP contribution in [0, 0.1) is 0 Å². The molecule has 1 aliphatic heterocycles. The Kier molecular flexibility index (Phi) is 6.58. The van der Waals surface area contributed by atoms with Crippen LogP contribution >= 0.6 is 11.8 Å². The molecule has 5 nitrogen and oxygen atoms in total. The van der Waals surface area contributed by atoms with Crippen LogP contribution in [0.25, 0.3) is 0 Å². The van der Waals surface area contributed by atoms with Crippen molar-refractivity contribution in [3.05, 3.63) is 35.9 Å². The molecule has 0 atom stereocenters. The Bertz CT molecular complexity index is 500. The van der Waals surface area contributed by atoms with Crippen LogP contribution in [0.15, 0.2) is 35.3 Å². The van der Waals surface area contributed by atoms with Gasteiger partial charge in [0, 0.05) is 44.6 Å². The number of carbonyl (C=O) groups excluding carboxylic acids is 1. The summed E-state index contributed by atoms with van der Waals surface area (Å²) in [5, 5.41) is 0. The monoisotopic (exact) mass is 320 g/mol. The van der Waals surface area contributed by atoms with Crippen LogP contribution in [-0.4, -0.2) is 59.9 Å². The Balaban J connectivity index is 1.74. The van der Waals surface area contributed by atoms with Gasteiger partial charge in [0.05, 0.1) is 6.54 Å². The minimum absolute atomic E-state index is 0.0922. The summed E-state index contributed by atoms with van der Waals surface area (Å²) in [6, 6.07) is 9.98. The van der Waals surface area contributed by atoms with Crippen LogP contribution < -0.4 is 5.73 Å². The van der Waals surface area contributed by atoms with Crippen molar-refractivity contribution in [3.63, 3.8) is 0 Å². The fourth-order valence-electron chi connectivity index (χ4n) is 2.29. The second-order valence-electron chi connectivity index (χ2n) is 5.32. The maximum absolute atomic E-state index is 12.1. The van der Waals surface area contributed by atoms with Gasteiger partial charge in [0.2, 0.25) is 5.91 Å². The van der Waals surface area contributed by atoms with Crippen LogP contribution in [0.1, 0.15) is 12.0 Å². The SMILES string of the molecule is CN(Cc1ccccc1)C(=O)CCN=C(N)N1CCSCC1. The van der Waals surface area contributed by atoms with Crippen LogP contribution in [0.2, 0.25) is 0 Å². The van der Waals surface area contributed by atoms with E-state index < -0.39 is 0 Å². The van der Waals surface area contributed by atoms with E-state index in [1.54, 1.807) is 4.90 Å². The van der Waals surface area contributed by atoms with Crippen LogP contribution in [0.3, 0.4) is 0 Å². The number of nitrogens with two attached hydrogens (primary N) is 1. The van der Waals surface area contributed by atoms with E-state index in [2.05, 4.69) is 9.89 Å². The molecule has 1 aliphatic rings. The summed E-state index contributed by atoms with van der Waals surface area (Å²) in [6.07, 6.45) is 0.395. The van der Waals surface area contributed by atoms with Gasteiger partial charge in [0.25, 0.3) is 0 Å². The van der Waals surface area contributed by atoms with Gasteiger partial charge in [-0.2, -0.15) is 11.8 Å². The highest BCUT2D eigenvalue weighted by molar-refractivity contribution is 7.99. The van der Waals surface area contributed by atoms with Gasteiger partial charge in [-0.1, -0.05) is 30.3 Å². The predicted octanol–water partition coefficient (Wildman–Crippen LogP) is 1.40. The molecule has 6 heteroatoms. The number of rotatable bonds is 5. The quantitative estimate of drug-likeness (QED) is 0.658. The van der Waals surface area contributed by atoms with Gasteiger partial charge < -0.3 is 15.5 Å². The molecular formula is C16H24N4OS. The number of hydrogen-bond donors (Lipinski definition) is 1. The topological polar surface area (TPSA) is 61.9 Å². The van der Waals surface area contributed by atoms with Crippen LogP contribution in [0.5, 0.6) is 0 Å². The highest BCUT2D eigenvalue weighted by Crippen LogP contribution is 2.08. The second-order valence-corrected chi connectivity index (χ2v) is 6.55. The fraction of sp³-hybridized carbons (Fsp3) is 0.500.